The van der Waals surface area contributed by atoms with Crippen LogP contribution in [0.3, 0.4) is 0 Å². The standard InChI is InChI=1S/C11H15N3O2/c1-7(2)13-6-9(8(3)12-13)14-10(15)4-5-11(14)16/h6-7H,4-5H2,1-3H3. The molecule has 0 atom stereocenters. The second-order valence-electron chi connectivity index (χ2n) is 4.30. The highest BCUT2D eigenvalue weighted by molar-refractivity contribution is 6.20. The number of carbonyl (C=O) groups excluding carboxylic acids is 2. The Bertz CT molecular complexity index is 432. The molecule has 1 fully saturated rings. The highest BCUT2D eigenvalue weighted by Crippen LogP contribution is 2.26. The summed E-state index contributed by atoms with van der Waals surface area (Å²) in [4.78, 5) is 24.4. The van der Waals surface area contributed by atoms with Gasteiger partial charge in [-0.25, -0.2) is 4.90 Å². The number of aromatic nitrogens is 2. The molecule has 1 aromatic rings. The normalized spacial score (nSPS) is 16.6. The van der Waals surface area contributed by atoms with E-state index in [1.165, 1.54) is 4.90 Å². The van der Waals surface area contributed by atoms with E-state index in [0.717, 1.165) is 5.69 Å². The molecule has 5 nitrogen and oxygen atoms in total. The first kappa shape index (κ1) is 10.9. The molecule has 1 aliphatic rings. The van der Waals surface area contributed by atoms with Crippen molar-refractivity contribution < 1.29 is 9.59 Å². The molecule has 0 aliphatic carbocycles. The van der Waals surface area contributed by atoms with E-state index < -0.39 is 0 Å². The molecule has 2 rings (SSSR count). The monoisotopic (exact) mass is 221 g/mol. The van der Waals surface area contributed by atoms with Crippen molar-refractivity contribution >= 4 is 17.5 Å². The Hall–Kier alpha value is -1.65. The number of carbonyl (C=O) groups is 2. The molecule has 86 valence electrons. The zero-order valence-electron chi connectivity index (χ0n) is 9.73. The van der Waals surface area contributed by atoms with Crippen LogP contribution in [0.1, 0.15) is 38.4 Å². The second-order valence-corrected chi connectivity index (χ2v) is 4.30. The molecule has 2 heterocycles. The number of hydrogen-bond donors (Lipinski definition) is 0. The zero-order valence-corrected chi connectivity index (χ0v) is 9.73. The summed E-state index contributed by atoms with van der Waals surface area (Å²) >= 11 is 0. The average Bonchev–Trinajstić information content (AvgIpc) is 2.71. The highest BCUT2D eigenvalue weighted by Gasteiger charge is 2.32. The highest BCUT2D eigenvalue weighted by atomic mass is 16.2. The van der Waals surface area contributed by atoms with Gasteiger partial charge in [0.1, 0.15) is 0 Å². The van der Waals surface area contributed by atoms with E-state index in [4.69, 9.17) is 0 Å². The van der Waals surface area contributed by atoms with Crippen LogP contribution in [-0.2, 0) is 9.59 Å². The van der Waals surface area contributed by atoms with Crippen molar-refractivity contribution in [2.24, 2.45) is 0 Å². The molecule has 0 unspecified atom stereocenters. The summed E-state index contributed by atoms with van der Waals surface area (Å²) in [6, 6.07) is 0.222. The van der Waals surface area contributed by atoms with Crippen molar-refractivity contribution in [1.82, 2.24) is 9.78 Å². The van der Waals surface area contributed by atoms with Gasteiger partial charge in [-0.3, -0.25) is 14.3 Å². The third-order valence-electron chi connectivity index (χ3n) is 2.71. The van der Waals surface area contributed by atoms with Crippen molar-refractivity contribution in [3.63, 3.8) is 0 Å². The maximum atomic E-state index is 11.6. The molecule has 0 radical (unpaired) electrons. The lowest BCUT2D eigenvalue weighted by molar-refractivity contribution is -0.121. The van der Waals surface area contributed by atoms with E-state index in [-0.39, 0.29) is 17.9 Å². The first-order valence-electron chi connectivity index (χ1n) is 5.42. The predicted octanol–water partition coefficient (Wildman–Crippen LogP) is 1.43. The van der Waals surface area contributed by atoms with Gasteiger partial charge in [-0.15, -0.1) is 0 Å². The Morgan fingerprint density at radius 1 is 1.25 bits per heavy atom. The largest absolute Gasteiger partial charge is 0.274 e. The molecule has 0 spiro atoms. The van der Waals surface area contributed by atoms with E-state index in [9.17, 15) is 9.59 Å². The second kappa shape index (κ2) is 3.73. The Morgan fingerprint density at radius 2 is 1.81 bits per heavy atom. The van der Waals surface area contributed by atoms with Crippen LogP contribution in [-0.4, -0.2) is 21.6 Å². The van der Waals surface area contributed by atoms with Gasteiger partial charge in [-0.1, -0.05) is 0 Å². The van der Waals surface area contributed by atoms with E-state index >= 15 is 0 Å². The van der Waals surface area contributed by atoms with E-state index in [2.05, 4.69) is 5.10 Å². The summed E-state index contributed by atoms with van der Waals surface area (Å²) in [6.07, 6.45) is 2.39. The van der Waals surface area contributed by atoms with Gasteiger partial charge in [0, 0.05) is 25.1 Å². The van der Waals surface area contributed by atoms with Gasteiger partial charge >= 0.3 is 0 Å². The lowest BCUT2D eigenvalue weighted by Gasteiger charge is -2.11. The Balaban J connectivity index is 2.40. The van der Waals surface area contributed by atoms with Crippen molar-refractivity contribution in [1.29, 1.82) is 0 Å². The minimum absolute atomic E-state index is 0.128. The van der Waals surface area contributed by atoms with Gasteiger partial charge in [0.05, 0.1) is 11.4 Å². The predicted molar refractivity (Wildman–Crippen MR) is 59.1 cm³/mol. The molecule has 1 aromatic heterocycles. The Morgan fingerprint density at radius 3 is 2.25 bits per heavy atom. The molecule has 16 heavy (non-hydrogen) atoms. The first-order valence-corrected chi connectivity index (χ1v) is 5.42. The molecule has 0 N–H and O–H groups in total. The fourth-order valence-corrected chi connectivity index (χ4v) is 1.80. The number of imide groups is 1. The lowest BCUT2D eigenvalue weighted by atomic mass is 10.3. The summed E-state index contributed by atoms with van der Waals surface area (Å²) in [5, 5.41) is 4.29. The van der Waals surface area contributed by atoms with Crippen LogP contribution < -0.4 is 4.90 Å². The quantitative estimate of drug-likeness (QED) is 0.710. The number of anilines is 1. The van der Waals surface area contributed by atoms with E-state index in [1.807, 2.05) is 20.8 Å². The SMILES string of the molecule is Cc1nn(C(C)C)cc1N1C(=O)CCC1=O. The van der Waals surface area contributed by atoms with Crippen LogP contribution in [0, 0.1) is 6.92 Å². The van der Waals surface area contributed by atoms with Crippen LogP contribution >= 0.6 is 0 Å². The van der Waals surface area contributed by atoms with E-state index in [0.29, 0.717) is 18.5 Å². The molecule has 0 bridgehead atoms. The topological polar surface area (TPSA) is 55.2 Å². The van der Waals surface area contributed by atoms with Gasteiger partial charge in [-0.2, -0.15) is 5.10 Å². The maximum Gasteiger partial charge on any atom is 0.234 e. The van der Waals surface area contributed by atoms with Crippen molar-refractivity contribution in [3.05, 3.63) is 11.9 Å². The van der Waals surface area contributed by atoms with Crippen LogP contribution in [0.15, 0.2) is 6.20 Å². The van der Waals surface area contributed by atoms with Crippen LogP contribution in [0.4, 0.5) is 5.69 Å². The Kier molecular flexibility index (Phi) is 2.53. The first-order chi connectivity index (χ1) is 7.50. The fourth-order valence-electron chi connectivity index (χ4n) is 1.80. The minimum atomic E-state index is -0.128. The third kappa shape index (κ3) is 1.62. The molecule has 2 amide bonds. The number of rotatable bonds is 2. The van der Waals surface area contributed by atoms with Gasteiger partial charge in [0.25, 0.3) is 0 Å². The summed E-state index contributed by atoms with van der Waals surface area (Å²) in [5.74, 6) is -0.257. The number of aryl methyl sites for hydroxylation is 1. The van der Waals surface area contributed by atoms with E-state index in [1.54, 1.807) is 10.9 Å². The van der Waals surface area contributed by atoms with Gasteiger partial charge < -0.3 is 0 Å². The average molecular weight is 221 g/mol. The van der Waals surface area contributed by atoms with Crippen molar-refractivity contribution in [3.8, 4) is 0 Å². The number of hydrogen-bond acceptors (Lipinski definition) is 3. The molecule has 1 saturated heterocycles. The lowest BCUT2D eigenvalue weighted by Crippen LogP contribution is -2.28. The Labute approximate surface area is 94.0 Å². The van der Waals surface area contributed by atoms with Gasteiger partial charge in [0.2, 0.25) is 11.8 Å². The minimum Gasteiger partial charge on any atom is -0.274 e. The van der Waals surface area contributed by atoms with Crippen molar-refractivity contribution in [2.45, 2.75) is 39.7 Å². The van der Waals surface area contributed by atoms with Crippen molar-refractivity contribution in [2.75, 3.05) is 4.90 Å². The third-order valence-corrected chi connectivity index (χ3v) is 2.71. The zero-order chi connectivity index (χ0) is 11.9. The van der Waals surface area contributed by atoms with Gasteiger partial charge in [-0.05, 0) is 20.8 Å². The molecule has 1 aliphatic heterocycles. The summed E-state index contributed by atoms with van der Waals surface area (Å²) in [7, 11) is 0. The van der Waals surface area contributed by atoms with Crippen LogP contribution in [0.2, 0.25) is 0 Å². The summed E-state index contributed by atoms with van der Waals surface area (Å²) in [6.45, 7) is 5.82. The molecule has 5 heteroatoms. The molecule has 0 saturated carbocycles. The molecule has 0 aromatic carbocycles. The smallest absolute Gasteiger partial charge is 0.234 e. The number of nitrogens with zero attached hydrogens (tertiary/aromatic N) is 3. The molecular weight excluding hydrogens is 206 g/mol. The van der Waals surface area contributed by atoms with Crippen LogP contribution in [0.25, 0.3) is 0 Å². The fraction of sp³-hybridized carbons (Fsp3) is 0.545. The number of amides is 2. The summed E-state index contributed by atoms with van der Waals surface area (Å²) < 4.78 is 1.77. The summed E-state index contributed by atoms with van der Waals surface area (Å²) in [5.41, 5.74) is 1.35. The maximum absolute atomic E-state index is 11.6. The van der Waals surface area contributed by atoms with Crippen LogP contribution in [0.5, 0.6) is 0 Å². The van der Waals surface area contributed by atoms with Gasteiger partial charge in [0.15, 0.2) is 0 Å². The molecular formula is C11H15N3O2.